The van der Waals surface area contributed by atoms with Crippen LogP contribution in [0.3, 0.4) is 0 Å². The van der Waals surface area contributed by atoms with Crippen LogP contribution in [0.25, 0.3) is 11.1 Å². The molecule has 0 aromatic heterocycles. The highest BCUT2D eigenvalue weighted by molar-refractivity contribution is 5.89. The summed E-state index contributed by atoms with van der Waals surface area (Å²) >= 11 is 0. The van der Waals surface area contributed by atoms with E-state index in [1.54, 1.807) is 0 Å². The lowest BCUT2D eigenvalue weighted by Crippen LogP contribution is -2.17. The first kappa shape index (κ1) is 19.2. The molecule has 0 N–H and O–H groups in total. The van der Waals surface area contributed by atoms with Crippen LogP contribution in [0, 0.1) is 6.92 Å². The molecule has 0 radical (unpaired) electrons. The fourth-order valence-corrected chi connectivity index (χ4v) is 2.57. The standard InChI is InChI=1S/C23H20O5/c1-16-3-5-17(6-4-16)18-7-11-20(12-8-18)27-15-22(24)28-21-13-9-19(10-14-21)23(25)26-2/h3-14H,15H2,1-2H3. The first-order valence-corrected chi connectivity index (χ1v) is 8.74. The zero-order valence-electron chi connectivity index (χ0n) is 15.7. The van der Waals surface area contributed by atoms with Crippen LogP contribution in [0.15, 0.2) is 72.8 Å². The van der Waals surface area contributed by atoms with Gasteiger partial charge in [-0.2, -0.15) is 0 Å². The summed E-state index contributed by atoms with van der Waals surface area (Å²) in [5.74, 6) is -0.0754. The van der Waals surface area contributed by atoms with Crippen molar-refractivity contribution in [2.75, 3.05) is 13.7 Å². The number of methoxy groups -OCH3 is 1. The number of esters is 2. The fourth-order valence-electron chi connectivity index (χ4n) is 2.57. The summed E-state index contributed by atoms with van der Waals surface area (Å²) in [6, 6.07) is 21.9. The minimum Gasteiger partial charge on any atom is -0.482 e. The van der Waals surface area contributed by atoms with E-state index in [-0.39, 0.29) is 6.61 Å². The minimum atomic E-state index is -0.534. The van der Waals surface area contributed by atoms with Crippen molar-refractivity contribution in [3.05, 3.63) is 83.9 Å². The summed E-state index contributed by atoms with van der Waals surface area (Å²) in [6.45, 7) is 1.83. The van der Waals surface area contributed by atoms with Crippen LogP contribution in [-0.2, 0) is 9.53 Å². The zero-order valence-corrected chi connectivity index (χ0v) is 15.7. The second-order valence-corrected chi connectivity index (χ2v) is 6.17. The van der Waals surface area contributed by atoms with Gasteiger partial charge in [-0.05, 0) is 54.4 Å². The number of hydrogen-bond donors (Lipinski definition) is 0. The van der Waals surface area contributed by atoms with E-state index in [4.69, 9.17) is 9.47 Å². The van der Waals surface area contributed by atoms with E-state index in [9.17, 15) is 9.59 Å². The highest BCUT2D eigenvalue weighted by Crippen LogP contribution is 2.23. The Bertz CT molecular complexity index is 942. The maximum Gasteiger partial charge on any atom is 0.349 e. The molecule has 28 heavy (non-hydrogen) atoms. The Labute approximate surface area is 163 Å². The van der Waals surface area contributed by atoms with Gasteiger partial charge in [0.1, 0.15) is 11.5 Å². The van der Waals surface area contributed by atoms with E-state index in [1.807, 2.05) is 31.2 Å². The Kier molecular flexibility index (Phi) is 6.07. The van der Waals surface area contributed by atoms with Gasteiger partial charge in [0.15, 0.2) is 6.61 Å². The molecule has 0 spiro atoms. The van der Waals surface area contributed by atoms with Gasteiger partial charge in [0.2, 0.25) is 0 Å². The van der Waals surface area contributed by atoms with Gasteiger partial charge >= 0.3 is 11.9 Å². The van der Waals surface area contributed by atoms with Crippen LogP contribution in [0.2, 0.25) is 0 Å². The molecule has 0 atom stereocenters. The van der Waals surface area contributed by atoms with Crippen molar-refractivity contribution in [1.29, 1.82) is 0 Å². The molecule has 3 aromatic rings. The van der Waals surface area contributed by atoms with Crippen molar-refractivity contribution in [2.24, 2.45) is 0 Å². The van der Waals surface area contributed by atoms with Gasteiger partial charge in [0, 0.05) is 0 Å². The molecule has 0 heterocycles. The topological polar surface area (TPSA) is 61.8 Å². The molecule has 0 aliphatic carbocycles. The lowest BCUT2D eigenvalue weighted by Gasteiger charge is -2.08. The normalized spacial score (nSPS) is 10.2. The van der Waals surface area contributed by atoms with Gasteiger partial charge in [0.25, 0.3) is 0 Å². The molecular formula is C23H20O5. The van der Waals surface area contributed by atoms with Crippen LogP contribution < -0.4 is 9.47 Å². The van der Waals surface area contributed by atoms with Crippen LogP contribution in [-0.4, -0.2) is 25.7 Å². The van der Waals surface area contributed by atoms with Crippen LogP contribution >= 0.6 is 0 Å². The first-order chi connectivity index (χ1) is 13.5. The van der Waals surface area contributed by atoms with Gasteiger partial charge in [-0.1, -0.05) is 42.0 Å². The number of carbonyl (C=O) groups excluding carboxylic acids is 2. The maximum absolute atomic E-state index is 11.9. The molecule has 0 saturated carbocycles. The Hall–Kier alpha value is -3.60. The number of hydrogen-bond acceptors (Lipinski definition) is 5. The quantitative estimate of drug-likeness (QED) is 0.470. The second-order valence-electron chi connectivity index (χ2n) is 6.17. The van der Waals surface area contributed by atoms with Gasteiger partial charge < -0.3 is 14.2 Å². The van der Waals surface area contributed by atoms with Crippen LogP contribution in [0.4, 0.5) is 0 Å². The van der Waals surface area contributed by atoms with Crippen molar-refractivity contribution in [3.63, 3.8) is 0 Å². The Morgan fingerprint density at radius 2 is 1.29 bits per heavy atom. The van der Waals surface area contributed by atoms with Gasteiger partial charge in [-0.3, -0.25) is 0 Å². The first-order valence-electron chi connectivity index (χ1n) is 8.74. The summed E-state index contributed by atoms with van der Waals surface area (Å²) in [7, 11) is 1.31. The summed E-state index contributed by atoms with van der Waals surface area (Å²) in [5, 5.41) is 0. The predicted octanol–water partition coefficient (Wildman–Crippen LogP) is 4.43. The van der Waals surface area contributed by atoms with Gasteiger partial charge in [-0.15, -0.1) is 0 Å². The van der Waals surface area contributed by atoms with E-state index in [2.05, 4.69) is 29.0 Å². The zero-order chi connectivity index (χ0) is 19.9. The second kappa shape index (κ2) is 8.86. The maximum atomic E-state index is 11.9. The molecule has 0 aliphatic heterocycles. The summed E-state index contributed by atoms with van der Waals surface area (Å²) in [5.41, 5.74) is 3.78. The van der Waals surface area contributed by atoms with Crippen LogP contribution in [0.5, 0.6) is 11.5 Å². The lowest BCUT2D eigenvalue weighted by molar-refractivity contribution is -0.136. The van der Waals surface area contributed by atoms with E-state index in [0.717, 1.165) is 11.1 Å². The molecule has 0 unspecified atom stereocenters. The van der Waals surface area contributed by atoms with E-state index in [0.29, 0.717) is 17.1 Å². The smallest absolute Gasteiger partial charge is 0.349 e. The van der Waals surface area contributed by atoms with Gasteiger partial charge in [0.05, 0.1) is 12.7 Å². The fraction of sp³-hybridized carbons (Fsp3) is 0.130. The predicted molar refractivity (Wildman–Crippen MR) is 106 cm³/mol. The third-order valence-electron chi connectivity index (χ3n) is 4.10. The van der Waals surface area contributed by atoms with Crippen molar-refractivity contribution in [1.82, 2.24) is 0 Å². The molecule has 3 aromatic carbocycles. The monoisotopic (exact) mass is 376 g/mol. The average Bonchev–Trinajstić information content (AvgIpc) is 2.73. The summed E-state index contributed by atoms with van der Waals surface area (Å²) in [4.78, 5) is 23.3. The Balaban J connectivity index is 1.53. The lowest BCUT2D eigenvalue weighted by atomic mass is 10.0. The Morgan fingerprint density at radius 1 is 0.750 bits per heavy atom. The molecule has 0 aliphatic rings. The molecular weight excluding hydrogens is 356 g/mol. The number of rotatable bonds is 6. The molecule has 0 saturated heterocycles. The average molecular weight is 376 g/mol. The Morgan fingerprint density at radius 3 is 1.86 bits per heavy atom. The molecule has 0 amide bonds. The largest absolute Gasteiger partial charge is 0.482 e. The van der Waals surface area contributed by atoms with E-state index in [1.165, 1.54) is 36.9 Å². The van der Waals surface area contributed by atoms with Gasteiger partial charge in [-0.25, -0.2) is 9.59 Å². The van der Waals surface area contributed by atoms with E-state index < -0.39 is 11.9 Å². The number of aryl methyl sites for hydroxylation is 1. The number of benzene rings is 3. The molecule has 142 valence electrons. The minimum absolute atomic E-state index is 0.220. The van der Waals surface area contributed by atoms with Crippen molar-refractivity contribution < 1.29 is 23.8 Å². The highest BCUT2D eigenvalue weighted by atomic mass is 16.6. The summed E-state index contributed by atoms with van der Waals surface area (Å²) < 4.78 is 15.3. The van der Waals surface area contributed by atoms with Crippen molar-refractivity contribution in [2.45, 2.75) is 6.92 Å². The molecule has 5 nitrogen and oxygen atoms in total. The summed E-state index contributed by atoms with van der Waals surface area (Å²) in [6.07, 6.45) is 0. The molecule has 5 heteroatoms. The van der Waals surface area contributed by atoms with Crippen molar-refractivity contribution in [3.8, 4) is 22.6 Å². The van der Waals surface area contributed by atoms with Crippen LogP contribution in [0.1, 0.15) is 15.9 Å². The third kappa shape index (κ3) is 4.98. The number of carbonyl (C=O) groups is 2. The highest BCUT2D eigenvalue weighted by Gasteiger charge is 2.09. The van der Waals surface area contributed by atoms with Crippen molar-refractivity contribution >= 4 is 11.9 Å². The molecule has 0 fully saturated rings. The number of ether oxygens (including phenoxy) is 3. The molecule has 0 bridgehead atoms. The SMILES string of the molecule is COC(=O)c1ccc(OC(=O)COc2ccc(-c3ccc(C)cc3)cc2)cc1. The molecule has 3 rings (SSSR count). The third-order valence-corrected chi connectivity index (χ3v) is 4.10. The van der Waals surface area contributed by atoms with E-state index >= 15 is 0 Å².